The van der Waals surface area contributed by atoms with Crippen LogP contribution in [0.15, 0.2) is 22.7 Å². The Morgan fingerprint density at radius 3 is 3.19 bits per heavy atom. The predicted molar refractivity (Wildman–Crippen MR) is 73.8 cm³/mol. The molecule has 7 nitrogen and oxygen atoms in total. The summed E-state index contributed by atoms with van der Waals surface area (Å²) in [6.07, 6.45) is 1.74. The second-order valence-electron chi connectivity index (χ2n) is 4.91. The summed E-state index contributed by atoms with van der Waals surface area (Å²) in [7, 11) is 0. The molecule has 0 spiro atoms. The molecule has 1 aromatic rings. The van der Waals surface area contributed by atoms with Gasteiger partial charge < -0.3 is 9.84 Å². The highest BCUT2D eigenvalue weighted by Gasteiger charge is 2.49. The van der Waals surface area contributed by atoms with E-state index < -0.39 is 5.97 Å². The molecule has 0 unspecified atom stereocenters. The first-order valence-corrected chi connectivity index (χ1v) is 7.38. The maximum atomic E-state index is 12.1. The first-order valence-electron chi connectivity index (χ1n) is 6.44. The Morgan fingerprint density at radius 1 is 1.57 bits per heavy atom. The summed E-state index contributed by atoms with van der Waals surface area (Å²) < 4.78 is 7.23. The standard InChI is InChI=1S/C13H11N3O4S/c17-11-9(12-16(11)10(6-21-12)13(18)19)4-7-3-8-5-20-2-1-15(8)14-7/h3-4,6,12H,1-2,5H2,(H,18,19)/t12-/m1/s1. The fourth-order valence-electron chi connectivity index (χ4n) is 2.61. The number of carbonyl (C=O) groups excluding carboxylic acids is 1. The molecule has 1 aromatic heterocycles. The normalized spacial score (nSPS) is 25.4. The van der Waals surface area contributed by atoms with E-state index in [1.165, 1.54) is 22.1 Å². The molecule has 1 saturated heterocycles. The number of fused-ring (bicyclic) bond motifs is 2. The van der Waals surface area contributed by atoms with Crippen LogP contribution >= 0.6 is 11.8 Å². The van der Waals surface area contributed by atoms with Crippen molar-refractivity contribution in [1.82, 2.24) is 14.7 Å². The molecule has 1 fully saturated rings. The van der Waals surface area contributed by atoms with Gasteiger partial charge in [0.2, 0.25) is 0 Å². The summed E-state index contributed by atoms with van der Waals surface area (Å²) >= 11 is 1.33. The van der Waals surface area contributed by atoms with E-state index in [4.69, 9.17) is 9.84 Å². The van der Waals surface area contributed by atoms with Crippen LogP contribution in [-0.2, 0) is 27.5 Å². The molecule has 0 bridgehead atoms. The quantitative estimate of drug-likeness (QED) is 0.637. The number of β-lactam (4-membered cyclic amide) rings is 1. The number of carboxylic acid groups (broad SMARTS) is 1. The number of aromatic nitrogens is 2. The lowest BCUT2D eigenvalue weighted by atomic mass is 10.0. The van der Waals surface area contributed by atoms with Gasteiger partial charge >= 0.3 is 5.97 Å². The van der Waals surface area contributed by atoms with Gasteiger partial charge in [-0.2, -0.15) is 5.10 Å². The van der Waals surface area contributed by atoms with E-state index in [0.717, 1.165) is 5.69 Å². The highest BCUT2D eigenvalue weighted by Crippen LogP contribution is 2.45. The molecular weight excluding hydrogens is 294 g/mol. The average Bonchev–Trinajstić information content (AvgIpc) is 3.05. The first-order chi connectivity index (χ1) is 10.1. The van der Waals surface area contributed by atoms with Gasteiger partial charge in [0.15, 0.2) is 0 Å². The Morgan fingerprint density at radius 2 is 2.43 bits per heavy atom. The molecule has 0 radical (unpaired) electrons. The van der Waals surface area contributed by atoms with Crippen molar-refractivity contribution < 1.29 is 19.4 Å². The number of carbonyl (C=O) groups is 2. The molecule has 0 saturated carbocycles. The minimum Gasteiger partial charge on any atom is -0.477 e. The Bertz CT molecular complexity index is 697. The highest BCUT2D eigenvalue weighted by molar-refractivity contribution is 8.03. The number of carboxylic acids is 1. The van der Waals surface area contributed by atoms with Crippen LogP contribution in [0.25, 0.3) is 6.08 Å². The van der Waals surface area contributed by atoms with Gasteiger partial charge in [0.1, 0.15) is 11.1 Å². The van der Waals surface area contributed by atoms with Crippen molar-refractivity contribution >= 4 is 29.7 Å². The van der Waals surface area contributed by atoms with E-state index in [9.17, 15) is 9.59 Å². The van der Waals surface area contributed by atoms with E-state index in [0.29, 0.717) is 31.0 Å². The van der Waals surface area contributed by atoms with Gasteiger partial charge in [0.05, 0.1) is 36.7 Å². The first kappa shape index (κ1) is 12.7. The van der Waals surface area contributed by atoms with Crippen LogP contribution in [0.4, 0.5) is 0 Å². The largest absolute Gasteiger partial charge is 0.477 e. The van der Waals surface area contributed by atoms with Gasteiger partial charge in [-0.3, -0.25) is 14.4 Å². The fraction of sp³-hybridized carbons (Fsp3) is 0.308. The van der Waals surface area contributed by atoms with Crippen LogP contribution in [0.1, 0.15) is 11.4 Å². The molecule has 0 aliphatic carbocycles. The average molecular weight is 305 g/mol. The van der Waals surface area contributed by atoms with Crippen molar-refractivity contribution in [3.8, 4) is 0 Å². The zero-order chi connectivity index (χ0) is 14.6. The summed E-state index contributed by atoms with van der Waals surface area (Å²) in [6.45, 7) is 1.88. The molecular formula is C13H11N3O4S. The molecule has 3 aliphatic heterocycles. The fourth-order valence-corrected chi connectivity index (χ4v) is 3.73. The van der Waals surface area contributed by atoms with Gasteiger partial charge in [-0.1, -0.05) is 0 Å². The summed E-state index contributed by atoms with van der Waals surface area (Å²) in [4.78, 5) is 24.4. The highest BCUT2D eigenvalue weighted by atomic mass is 32.2. The summed E-state index contributed by atoms with van der Waals surface area (Å²) in [6, 6.07) is 1.90. The third-order valence-corrected chi connectivity index (χ3v) is 4.72. The van der Waals surface area contributed by atoms with Crippen molar-refractivity contribution in [2.75, 3.05) is 6.61 Å². The van der Waals surface area contributed by atoms with E-state index >= 15 is 0 Å². The molecule has 0 aromatic carbocycles. The van der Waals surface area contributed by atoms with Crippen LogP contribution < -0.4 is 0 Å². The summed E-state index contributed by atoms with van der Waals surface area (Å²) in [5.41, 5.74) is 2.33. The third kappa shape index (κ3) is 1.83. The van der Waals surface area contributed by atoms with Crippen molar-refractivity contribution in [2.45, 2.75) is 18.5 Å². The maximum Gasteiger partial charge on any atom is 0.353 e. The van der Waals surface area contributed by atoms with Gasteiger partial charge in [-0.25, -0.2) is 4.79 Å². The number of amides is 1. The zero-order valence-corrected chi connectivity index (χ0v) is 11.7. The zero-order valence-electron chi connectivity index (χ0n) is 10.9. The van der Waals surface area contributed by atoms with Crippen LogP contribution in [0, 0.1) is 0 Å². The van der Waals surface area contributed by atoms with Crippen LogP contribution in [0.2, 0.25) is 0 Å². The van der Waals surface area contributed by atoms with E-state index in [-0.39, 0.29) is 17.0 Å². The minimum atomic E-state index is -1.08. The Hall–Kier alpha value is -2.06. The molecule has 1 amide bonds. The molecule has 108 valence electrons. The monoisotopic (exact) mass is 305 g/mol. The Kier molecular flexibility index (Phi) is 2.69. The predicted octanol–water partition coefficient (Wildman–Crippen LogP) is 0.638. The Labute approximate surface area is 123 Å². The van der Waals surface area contributed by atoms with Crippen LogP contribution in [0.5, 0.6) is 0 Å². The SMILES string of the molecule is O=C(O)C1=CS[C@@H]2C(=Cc3cc4n(n3)CCOC4)C(=O)N12. The van der Waals surface area contributed by atoms with E-state index in [1.807, 2.05) is 10.7 Å². The maximum absolute atomic E-state index is 12.1. The van der Waals surface area contributed by atoms with Gasteiger partial charge in [0, 0.05) is 5.41 Å². The smallest absolute Gasteiger partial charge is 0.353 e. The number of ether oxygens (including phenoxy) is 1. The van der Waals surface area contributed by atoms with Crippen molar-refractivity contribution in [2.24, 2.45) is 0 Å². The van der Waals surface area contributed by atoms with Gasteiger partial charge in [-0.05, 0) is 12.1 Å². The van der Waals surface area contributed by atoms with E-state index in [2.05, 4.69) is 5.10 Å². The molecule has 3 aliphatic rings. The van der Waals surface area contributed by atoms with Crippen molar-refractivity contribution in [1.29, 1.82) is 0 Å². The summed E-state index contributed by atoms with van der Waals surface area (Å²) in [5.74, 6) is -1.34. The Balaban J connectivity index is 1.60. The topological polar surface area (TPSA) is 84.7 Å². The lowest BCUT2D eigenvalue weighted by Gasteiger charge is -2.36. The second kappa shape index (κ2) is 4.47. The van der Waals surface area contributed by atoms with Gasteiger partial charge in [-0.15, -0.1) is 11.8 Å². The lowest BCUT2D eigenvalue weighted by molar-refractivity contribution is -0.141. The number of rotatable bonds is 2. The number of hydrogen-bond donors (Lipinski definition) is 1. The molecule has 1 N–H and O–H groups in total. The molecule has 8 heteroatoms. The van der Waals surface area contributed by atoms with E-state index in [1.54, 1.807) is 6.08 Å². The number of nitrogens with zero attached hydrogens (tertiary/aromatic N) is 3. The van der Waals surface area contributed by atoms with Crippen molar-refractivity contribution in [3.63, 3.8) is 0 Å². The molecule has 4 heterocycles. The van der Waals surface area contributed by atoms with Gasteiger partial charge in [0.25, 0.3) is 5.91 Å². The van der Waals surface area contributed by atoms with Crippen LogP contribution in [0.3, 0.4) is 0 Å². The van der Waals surface area contributed by atoms with Crippen LogP contribution in [-0.4, -0.2) is 43.6 Å². The minimum absolute atomic E-state index is 0.0460. The molecule has 1 atom stereocenters. The number of aliphatic carboxylic acids is 1. The molecule has 21 heavy (non-hydrogen) atoms. The third-order valence-electron chi connectivity index (χ3n) is 3.64. The van der Waals surface area contributed by atoms with Crippen molar-refractivity contribution in [3.05, 3.63) is 34.1 Å². The summed E-state index contributed by atoms with van der Waals surface area (Å²) in [5, 5.41) is 14.7. The molecule has 4 rings (SSSR count). The second-order valence-corrected chi connectivity index (χ2v) is 5.86. The lowest BCUT2D eigenvalue weighted by Crippen LogP contribution is -2.51. The number of hydrogen-bond acceptors (Lipinski definition) is 5. The number of thioether (sulfide) groups is 1.